The Kier molecular flexibility index (Phi) is 5.42. The lowest BCUT2D eigenvalue weighted by Crippen LogP contribution is -2.37. The zero-order valence-electron chi connectivity index (χ0n) is 11.2. The maximum atomic E-state index is 5.78. The third-order valence-electron chi connectivity index (χ3n) is 3.67. The lowest BCUT2D eigenvalue weighted by Gasteiger charge is -2.26. The quantitative estimate of drug-likeness (QED) is 0.750. The molecule has 1 aromatic rings. The molecule has 1 aliphatic rings. The number of thiazole rings is 1. The van der Waals surface area contributed by atoms with Crippen molar-refractivity contribution >= 4 is 22.9 Å². The summed E-state index contributed by atoms with van der Waals surface area (Å²) in [6, 6.07) is 0.729. The van der Waals surface area contributed by atoms with Gasteiger partial charge in [-0.25, -0.2) is 4.98 Å². The molecule has 1 atom stereocenters. The van der Waals surface area contributed by atoms with Crippen LogP contribution in [0.25, 0.3) is 0 Å². The fraction of sp³-hybridized carbons (Fsp3) is 0.769. The van der Waals surface area contributed by atoms with Crippen molar-refractivity contribution in [1.29, 1.82) is 0 Å². The van der Waals surface area contributed by atoms with Crippen molar-refractivity contribution in [2.24, 2.45) is 0 Å². The predicted molar refractivity (Wildman–Crippen MR) is 78.3 cm³/mol. The number of nitrogens with zero attached hydrogens (tertiary/aromatic N) is 3. The molecule has 0 aliphatic carbocycles. The number of aromatic nitrogens is 1. The van der Waals surface area contributed by atoms with Crippen LogP contribution in [-0.4, -0.2) is 47.0 Å². The molecule has 1 aromatic heterocycles. The van der Waals surface area contributed by atoms with Gasteiger partial charge in [-0.1, -0.05) is 13.8 Å². The van der Waals surface area contributed by atoms with Gasteiger partial charge >= 0.3 is 0 Å². The van der Waals surface area contributed by atoms with E-state index in [0.717, 1.165) is 31.4 Å². The van der Waals surface area contributed by atoms with Crippen molar-refractivity contribution in [2.45, 2.75) is 38.7 Å². The molecule has 0 radical (unpaired) electrons. The molecule has 0 saturated carbocycles. The molecule has 0 N–H and O–H groups in total. The second-order valence-corrected chi connectivity index (χ2v) is 5.97. The van der Waals surface area contributed by atoms with Gasteiger partial charge in [0.2, 0.25) is 0 Å². The van der Waals surface area contributed by atoms with Crippen molar-refractivity contribution in [3.8, 4) is 0 Å². The highest BCUT2D eigenvalue weighted by atomic mass is 35.5. The first-order valence-corrected chi connectivity index (χ1v) is 8.13. The molecule has 0 spiro atoms. The molecule has 18 heavy (non-hydrogen) atoms. The van der Waals surface area contributed by atoms with Crippen molar-refractivity contribution < 1.29 is 0 Å². The summed E-state index contributed by atoms with van der Waals surface area (Å²) in [5.74, 6) is 0.526. The Labute approximate surface area is 119 Å². The van der Waals surface area contributed by atoms with Gasteiger partial charge in [-0.3, -0.25) is 9.80 Å². The first-order chi connectivity index (χ1) is 8.76. The van der Waals surface area contributed by atoms with E-state index in [1.165, 1.54) is 24.5 Å². The van der Waals surface area contributed by atoms with E-state index in [0.29, 0.717) is 5.88 Å². The SMILES string of the molecule is CCN(CC)C1CCN(Cc2nc(CCl)cs2)C1. The fourth-order valence-electron chi connectivity index (χ4n) is 2.67. The van der Waals surface area contributed by atoms with Gasteiger partial charge in [-0.05, 0) is 19.5 Å². The van der Waals surface area contributed by atoms with Gasteiger partial charge in [0.05, 0.1) is 18.1 Å². The Bertz CT molecular complexity index is 365. The topological polar surface area (TPSA) is 19.4 Å². The van der Waals surface area contributed by atoms with Crippen LogP contribution < -0.4 is 0 Å². The number of alkyl halides is 1. The average Bonchev–Trinajstić information content (AvgIpc) is 3.01. The van der Waals surface area contributed by atoms with Crippen LogP contribution >= 0.6 is 22.9 Å². The molecule has 2 rings (SSSR count). The molecule has 2 heterocycles. The number of rotatable bonds is 6. The van der Waals surface area contributed by atoms with Gasteiger partial charge in [-0.2, -0.15) is 0 Å². The predicted octanol–water partition coefficient (Wildman–Crippen LogP) is 2.80. The minimum Gasteiger partial charge on any atom is -0.300 e. The normalized spacial score (nSPS) is 21.0. The Morgan fingerprint density at radius 3 is 2.89 bits per heavy atom. The number of hydrogen-bond acceptors (Lipinski definition) is 4. The standard InChI is InChI=1S/C13H22ClN3S/c1-3-17(4-2)12-5-6-16(8-12)9-13-15-11(7-14)10-18-13/h10,12H,3-9H2,1-2H3. The van der Waals surface area contributed by atoms with E-state index in [2.05, 4.69) is 34.0 Å². The maximum absolute atomic E-state index is 5.78. The van der Waals surface area contributed by atoms with Gasteiger partial charge in [0, 0.05) is 24.5 Å². The van der Waals surface area contributed by atoms with E-state index in [1.54, 1.807) is 11.3 Å². The molecule has 1 saturated heterocycles. The van der Waals surface area contributed by atoms with Crippen molar-refractivity contribution in [3.05, 3.63) is 16.1 Å². The van der Waals surface area contributed by atoms with Gasteiger partial charge in [0.15, 0.2) is 0 Å². The van der Waals surface area contributed by atoms with E-state index in [4.69, 9.17) is 11.6 Å². The van der Waals surface area contributed by atoms with Crippen LogP contribution in [-0.2, 0) is 12.4 Å². The number of halogens is 1. The molecule has 0 bridgehead atoms. The number of likely N-dealkylation sites (N-methyl/N-ethyl adjacent to an activating group) is 1. The summed E-state index contributed by atoms with van der Waals surface area (Å²) >= 11 is 7.51. The molecule has 0 aromatic carbocycles. The highest BCUT2D eigenvalue weighted by Gasteiger charge is 2.26. The largest absolute Gasteiger partial charge is 0.300 e. The van der Waals surface area contributed by atoms with Crippen LogP contribution in [0.4, 0.5) is 0 Å². The Hall–Kier alpha value is -0.160. The molecule has 5 heteroatoms. The van der Waals surface area contributed by atoms with Gasteiger partial charge in [0.1, 0.15) is 5.01 Å². The number of hydrogen-bond donors (Lipinski definition) is 0. The fourth-order valence-corrected chi connectivity index (χ4v) is 3.73. The summed E-state index contributed by atoms with van der Waals surface area (Å²) in [7, 11) is 0. The molecule has 1 unspecified atom stereocenters. The van der Waals surface area contributed by atoms with E-state index in [9.17, 15) is 0 Å². The summed E-state index contributed by atoms with van der Waals surface area (Å²) in [5.41, 5.74) is 1.01. The van der Waals surface area contributed by atoms with E-state index in [-0.39, 0.29) is 0 Å². The molecule has 1 aliphatic heterocycles. The summed E-state index contributed by atoms with van der Waals surface area (Å²) in [5, 5.41) is 3.27. The second kappa shape index (κ2) is 6.85. The van der Waals surface area contributed by atoms with E-state index >= 15 is 0 Å². The smallest absolute Gasteiger partial charge is 0.107 e. The minimum atomic E-state index is 0.526. The van der Waals surface area contributed by atoms with Crippen LogP contribution in [0.1, 0.15) is 31.0 Å². The summed E-state index contributed by atoms with van der Waals surface area (Å²) in [4.78, 5) is 9.61. The third kappa shape index (κ3) is 3.44. The van der Waals surface area contributed by atoms with E-state index < -0.39 is 0 Å². The Morgan fingerprint density at radius 2 is 2.28 bits per heavy atom. The molecule has 102 valence electrons. The summed E-state index contributed by atoms with van der Waals surface area (Å²) in [6.45, 7) is 10.2. The van der Waals surface area contributed by atoms with Crippen LogP contribution in [0, 0.1) is 0 Å². The van der Waals surface area contributed by atoms with E-state index in [1.807, 2.05) is 0 Å². The summed E-state index contributed by atoms with van der Waals surface area (Å²) < 4.78 is 0. The highest BCUT2D eigenvalue weighted by molar-refractivity contribution is 7.09. The number of likely N-dealkylation sites (tertiary alicyclic amines) is 1. The monoisotopic (exact) mass is 287 g/mol. The average molecular weight is 288 g/mol. The first kappa shape index (κ1) is 14.3. The van der Waals surface area contributed by atoms with Gasteiger partial charge in [-0.15, -0.1) is 22.9 Å². The van der Waals surface area contributed by atoms with Gasteiger partial charge in [0.25, 0.3) is 0 Å². The molecular weight excluding hydrogens is 266 g/mol. The third-order valence-corrected chi connectivity index (χ3v) is 4.83. The van der Waals surface area contributed by atoms with Crippen molar-refractivity contribution in [3.63, 3.8) is 0 Å². The lowest BCUT2D eigenvalue weighted by atomic mass is 10.2. The van der Waals surface area contributed by atoms with Crippen LogP contribution in [0.2, 0.25) is 0 Å². The van der Waals surface area contributed by atoms with Crippen LogP contribution in [0.3, 0.4) is 0 Å². The van der Waals surface area contributed by atoms with Crippen LogP contribution in [0.15, 0.2) is 5.38 Å². The highest BCUT2D eigenvalue weighted by Crippen LogP contribution is 2.20. The zero-order chi connectivity index (χ0) is 13.0. The molecule has 3 nitrogen and oxygen atoms in total. The van der Waals surface area contributed by atoms with Gasteiger partial charge < -0.3 is 0 Å². The molecular formula is C13H22ClN3S. The van der Waals surface area contributed by atoms with Crippen molar-refractivity contribution in [1.82, 2.24) is 14.8 Å². The maximum Gasteiger partial charge on any atom is 0.107 e. The molecule has 1 fully saturated rings. The minimum absolute atomic E-state index is 0.526. The second-order valence-electron chi connectivity index (χ2n) is 4.77. The zero-order valence-corrected chi connectivity index (χ0v) is 12.8. The Balaban J connectivity index is 1.85. The summed E-state index contributed by atoms with van der Waals surface area (Å²) in [6.07, 6.45) is 1.29. The van der Waals surface area contributed by atoms with Crippen LogP contribution in [0.5, 0.6) is 0 Å². The Morgan fingerprint density at radius 1 is 1.50 bits per heavy atom. The molecule has 0 amide bonds. The lowest BCUT2D eigenvalue weighted by molar-refractivity contribution is 0.209. The van der Waals surface area contributed by atoms with Crippen molar-refractivity contribution in [2.75, 3.05) is 26.2 Å². The first-order valence-electron chi connectivity index (χ1n) is 6.72.